The molecule has 0 saturated heterocycles. The molecule has 0 atom stereocenters. The van der Waals surface area contributed by atoms with Gasteiger partial charge in [-0.1, -0.05) is 77.9 Å². The van der Waals surface area contributed by atoms with Crippen molar-refractivity contribution in [3.63, 3.8) is 0 Å². The van der Waals surface area contributed by atoms with Crippen LogP contribution in [0.4, 0.5) is 0 Å². The fraction of sp³-hybridized carbons (Fsp3) is 0.0889. The highest BCUT2D eigenvalue weighted by Crippen LogP contribution is 2.43. The number of nitrogens with zero attached hydrogens (tertiary/aromatic N) is 2. The van der Waals surface area contributed by atoms with Gasteiger partial charge in [0.1, 0.15) is 5.82 Å². The zero-order valence-electron chi connectivity index (χ0n) is 27.0. The quantitative estimate of drug-likeness (QED) is 0.211. The molecule has 0 radical (unpaired) electrons. The van der Waals surface area contributed by atoms with E-state index in [1.807, 2.05) is 12.3 Å². The number of nitrogens with one attached hydrogen (secondary N) is 1. The summed E-state index contributed by atoms with van der Waals surface area (Å²) < 4.78 is 2.34. The smallest absolute Gasteiger partial charge is 0.137 e. The Morgan fingerprint density at radius 1 is 0.500 bits per heavy atom. The van der Waals surface area contributed by atoms with E-state index in [0.29, 0.717) is 0 Å². The molecule has 228 valence electrons. The van der Waals surface area contributed by atoms with Gasteiger partial charge in [0, 0.05) is 38.8 Å². The molecule has 0 bridgehead atoms. The van der Waals surface area contributed by atoms with Crippen molar-refractivity contribution in [3.05, 3.63) is 156 Å². The number of aromatic amines is 1. The lowest BCUT2D eigenvalue weighted by Gasteiger charge is -2.21. The Labute approximate surface area is 279 Å². The van der Waals surface area contributed by atoms with Gasteiger partial charge in [-0.25, -0.2) is 4.98 Å². The van der Waals surface area contributed by atoms with Crippen molar-refractivity contribution < 1.29 is 0 Å². The van der Waals surface area contributed by atoms with Crippen molar-refractivity contribution in [1.29, 1.82) is 0 Å². The van der Waals surface area contributed by atoms with E-state index >= 15 is 0 Å². The normalized spacial score (nSPS) is 12.6. The summed E-state index contributed by atoms with van der Waals surface area (Å²) in [5.74, 6) is 0.937. The Kier molecular flexibility index (Phi) is 5.83. The lowest BCUT2D eigenvalue weighted by Crippen LogP contribution is -2.04. The number of fused-ring (bicyclic) bond motifs is 9. The summed E-state index contributed by atoms with van der Waals surface area (Å²) in [7, 11) is 0. The van der Waals surface area contributed by atoms with Crippen LogP contribution in [0.5, 0.6) is 0 Å². The summed E-state index contributed by atoms with van der Waals surface area (Å²) in [6.07, 6.45) is 3.94. The van der Waals surface area contributed by atoms with Crippen molar-refractivity contribution in [2.75, 3.05) is 0 Å². The fourth-order valence-electron chi connectivity index (χ4n) is 7.87. The number of H-pyrrole nitrogens is 1. The number of hydrogen-bond acceptors (Lipinski definition) is 1. The molecular weight excluding hydrogens is 583 g/mol. The largest absolute Gasteiger partial charge is 0.354 e. The van der Waals surface area contributed by atoms with Crippen LogP contribution in [0.2, 0.25) is 0 Å². The Balaban J connectivity index is 1.17. The summed E-state index contributed by atoms with van der Waals surface area (Å²) in [5, 5.41) is 5.13. The van der Waals surface area contributed by atoms with Crippen LogP contribution in [0.3, 0.4) is 0 Å². The van der Waals surface area contributed by atoms with Crippen LogP contribution in [-0.4, -0.2) is 14.5 Å². The highest BCUT2D eigenvalue weighted by Gasteiger charge is 2.23. The van der Waals surface area contributed by atoms with Gasteiger partial charge in [0.2, 0.25) is 0 Å². The predicted octanol–water partition coefficient (Wildman–Crippen LogP) is 11.5. The second kappa shape index (κ2) is 10.3. The molecule has 6 aromatic carbocycles. The molecule has 3 nitrogen and oxygen atoms in total. The molecule has 0 amide bonds. The molecule has 0 saturated carbocycles. The van der Waals surface area contributed by atoms with Crippen LogP contribution in [0.15, 0.2) is 134 Å². The number of hydrogen-bond donors (Lipinski definition) is 1. The van der Waals surface area contributed by atoms with E-state index in [1.165, 1.54) is 99.2 Å². The number of rotatable bonds is 3. The fourth-order valence-corrected chi connectivity index (χ4v) is 7.87. The van der Waals surface area contributed by atoms with Crippen molar-refractivity contribution in [3.8, 4) is 39.2 Å². The molecule has 3 aromatic heterocycles. The molecule has 0 aliphatic heterocycles. The predicted molar refractivity (Wildman–Crippen MR) is 201 cm³/mol. The van der Waals surface area contributed by atoms with Gasteiger partial charge in [0.15, 0.2) is 0 Å². The first kappa shape index (κ1) is 27.2. The highest BCUT2D eigenvalue weighted by molar-refractivity contribution is 6.13. The molecule has 48 heavy (non-hydrogen) atoms. The third-order valence-electron chi connectivity index (χ3n) is 10.4. The Hall–Kier alpha value is -5.93. The SMILES string of the molecule is Cc1ccc(-c2ccc3[nH]c4cc5c(cc4c3c2)CCc2cc3c4cc(-c6ccc(C)cc6)ccc4n(-c4ccccn4)c3cc2-5)cc1. The van der Waals surface area contributed by atoms with Gasteiger partial charge in [-0.3, -0.25) is 4.57 Å². The van der Waals surface area contributed by atoms with Crippen LogP contribution >= 0.6 is 0 Å². The molecule has 0 spiro atoms. The van der Waals surface area contributed by atoms with Crippen molar-refractivity contribution in [2.24, 2.45) is 0 Å². The molecule has 3 heteroatoms. The van der Waals surface area contributed by atoms with Gasteiger partial charge in [-0.05, 0) is 132 Å². The molecule has 9 aromatic rings. The maximum absolute atomic E-state index is 4.82. The van der Waals surface area contributed by atoms with Crippen LogP contribution in [-0.2, 0) is 12.8 Å². The number of aromatic nitrogens is 3. The Bertz CT molecular complexity index is 2710. The lowest BCUT2D eigenvalue weighted by atomic mass is 9.84. The van der Waals surface area contributed by atoms with Crippen LogP contribution in [0, 0.1) is 13.8 Å². The highest BCUT2D eigenvalue weighted by atomic mass is 15.1. The van der Waals surface area contributed by atoms with Crippen molar-refractivity contribution in [2.45, 2.75) is 26.7 Å². The van der Waals surface area contributed by atoms with Gasteiger partial charge >= 0.3 is 0 Å². The molecule has 0 unspecified atom stereocenters. The van der Waals surface area contributed by atoms with E-state index in [-0.39, 0.29) is 0 Å². The maximum Gasteiger partial charge on any atom is 0.137 e. The molecule has 1 N–H and O–H groups in total. The third kappa shape index (κ3) is 4.17. The number of aryl methyl sites for hydroxylation is 4. The molecule has 10 rings (SSSR count). The first-order valence-electron chi connectivity index (χ1n) is 16.8. The average Bonchev–Trinajstić information content (AvgIpc) is 3.64. The average molecular weight is 616 g/mol. The second-order valence-electron chi connectivity index (χ2n) is 13.5. The third-order valence-corrected chi connectivity index (χ3v) is 10.4. The summed E-state index contributed by atoms with van der Waals surface area (Å²) in [4.78, 5) is 8.58. The maximum atomic E-state index is 4.82. The van der Waals surface area contributed by atoms with E-state index in [2.05, 4.69) is 145 Å². The summed E-state index contributed by atoms with van der Waals surface area (Å²) in [5.41, 5.74) is 17.7. The lowest BCUT2D eigenvalue weighted by molar-refractivity contribution is 0.946. The molecule has 1 aliphatic carbocycles. The van der Waals surface area contributed by atoms with Crippen molar-refractivity contribution >= 4 is 43.6 Å². The van der Waals surface area contributed by atoms with Crippen LogP contribution in [0.25, 0.3) is 82.8 Å². The Morgan fingerprint density at radius 2 is 1.08 bits per heavy atom. The minimum absolute atomic E-state index is 0.937. The van der Waals surface area contributed by atoms with Gasteiger partial charge in [0.05, 0.1) is 11.0 Å². The van der Waals surface area contributed by atoms with Gasteiger partial charge < -0.3 is 4.98 Å². The van der Waals surface area contributed by atoms with E-state index in [9.17, 15) is 0 Å². The Morgan fingerprint density at radius 3 is 1.77 bits per heavy atom. The summed E-state index contributed by atoms with van der Waals surface area (Å²) in [6, 6.07) is 47.2. The first-order valence-corrected chi connectivity index (χ1v) is 16.8. The van der Waals surface area contributed by atoms with E-state index in [1.54, 1.807) is 0 Å². The topological polar surface area (TPSA) is 33.6 Å². The number of pyridine rings is 1. The number of benzene rings is 6. The monoisotopic (exact) mass is 615 g/mol. The van der Waals surface area contributed by atoms with E-state index < -0.39 is 0 Å². The standard InChI is InChI=1S/C45H33N3/c1-27-6-10-29(11-7-27)31-16-18-41-37(21-31)38-23-33-14-15-34-24-40-39-22-32(30-12-8-28(2)9-13-30)17-19-43(39)48(45-5-3-4-20-46-45)44(40)26-36(34)35(33)25-42(38)47-41/h3-13,16-26,47H,14-15H2,1-2H3. The minimum atomic E-state index is 0.937. The van der Waals surface area contributed by atoms with Gasteiger partial charge in [-0.15, -0.1) is 0 Å². The summed E-state index contributed by atoms with van der Waals surface area (Å²) >= 11 is 0. The van der Waals surface area contributed by atoms with E-state index in [4.69, 9.17) is 4.98 Å². The summed E-state index contributed by atoms with van der Waals surface area (Å²) in [6.45, 7) is 4.28. The first-order chi connectivity index (χ1) is 23.6. The van der Waals surface area contributed by atoms with Crippen LogP contribution in [0.1, 0.15) is 22.3 Å². The van der Waals surface area contributed by atoms with Gasteiger partial charge in [0.25, 0.3) is 0 Å². The van der Waals surface area contributed by atoms with Gasteiger partial charge in [-0.2, -0.15) is 0 Å². The zero-order valence-corrected chi connectivity index (χ0v) is 27.0. The van der Waals surface area contributed by atoms with Crippen LogP contribution < -0.4 is 0 Å². The molecule has 1 aliphatic rings. The molecule has 3 heterocycles. The molecular formula is C45H33N3. The second-order valence-corrected chi connectivity index (χ2v) is 13.5. The van der Waals surface area contributed by atoms with Crippen molar-refractivity contribution in [1.82, 2.24) is 14.5 Å². The minimum Gasteiger partial charge on any atom is -0.354 e. The zero-order chi connectivity index (χ0) is 31.9. The molecule has 0 fully saturated rings. The van der Waals surface area contributed by atoms with E-state index in [0.717, 1.165) is 18.7 Å².